The Balaban J connectivity index is 2.14. The topological polar surface area (TPSA) is 93.5 Å². The van der Waals surface area contributed by atoms with E-state index in [4.69, 9.17) is 4.74 Å². The van der Waals surface area contributed by atoms with E-state index in [1.807, 2.05) is 0 Å². The van der Waals surface area contributed by atoms with Gasteiger partial charge < -0.3 is 19.7 Å². The molecule has 0 atom stereocenters. The van der Waals surface area contributed by atoms with Gasteiger partial charge in [0.1, 0.15) is 11.2 Å². The summed E-state index contributed by atoms with van der Waals surface area (Å²) in [5, 5.41) is 11.9. The van der Waals surface area contributed by atoms with E-state index in [2.05, 4.69) is 10.3 Å². The van der Waals surface area contributed by atoms with Crippen molar-refractivity contribution in [2.75, 3.05) is 13.2 Å². The average Bonchev–Trinajstić information content (AvgIpc) is 2.77. The molecule has 2 heterocycles. The lowest BCUT2D eigenvalue weighted by atomic mass is 9.90. The average molecular weight is 253 g/mol. The van der Waals surface area contributed by atoms with Crippen molar-refractivity contribution in [2.24, 2.45) is 7.05 Å². The van der Waals surface area contributed by atoms with Gasteiger partial charge in [-0.15, -0.1) is 0 Å². The highest BCUT2D eigenvalue weighted by Gasteiger charge is 2.42. The molecule has 0 spiro atoms. The lowest BCUT2D eigenvalue weighted by molar-refractivity contribution is -0.148. The number of imidazole rings is 1. The molecule has 1 amide bonds. The lowest BCUT2D eigenvalue weighted by Gasteiger charge is -2.33. The van der Waals surface area contributed by atoms with Crippen molar-refractivity contribution in [1.29, 1.82) is 0 Å². The van der Waals surface area contributed by atoms with E-state index in [0.29, 0.717) is 13.2 Å². The number of hydrogen-bond donors (Lipinski definition) is 2. The molecule has 0 bridgehead atoms. The van der Waals surface area contributed by atoms with Gasteiger partial charge in [-0.2, -0.15) is 0 Å². The van der Waals surface area contributed by atoms with E-state index in [-0.39, 0.29) is 18.5 Å². The van der Waals surface area contributed by atoms with Crippen LogP contribution in [0.4, 0.5) is 0 Å². The summed E-state index contributed by atoms with van der Waals surface area (Å²) < 4.78 is 6.76. The van der Waals surface area contributed by atoms with E-state index in [1.165, 1.54) is 6.33 Å². The molecule has 1 aromatic rings. The van der Waals surface area contributed by atoms with Crippen LogP contribution in [-0.2, 0) is 16.6 Å². The van der Waals surface area contributed by atoms with Gasteiger partial charge in [0.05, 0.1) is 6.33 Å². The van der Waals surface area contributed by atoms with Crippen molar-refractivity contribution in [3.05, 3.63) is 18.2 Å². The van der Waals surface area contributed by atoms with Crippen LogP contribution in [0, 0.1) is 0 Å². The third-order valence-corrected chi connectivity index (χ3v) is 3.05. The fourth-order valence-electron chi connectivity index (χ4n) is 1.92. The number of aromatic nitrogens is 2. The first-order valence-corrected chi connectivity index (χ1v) is 5.65. The molecule has 2 N–H and O–H groups in total. The number of aliphatic carboxylic acids is 1. The van der Waals surface area contributed by atoms with Crippen molar-refractivity contribution in [3.8, 4) is 0 Å². The molecular weight excluding hydrogens is 238 g/mol. The highest BCUT2D eigenvalue weighted by molar-refractivity contribution is 5.96. The molecule has 0 radical (unpaired) electrons. The second-order valence-corrected chi connectivity index (χ2v) is 4.38. The Labute approximate surface area is 104 Å². The van der Waals surface area contributed by atoms with Crippen LogP contribution in [0.15, 0.2) is 12.5 Å². The first-order chi connectivity index (χ1) is 8.53. The fourth-order valence-corrected chi connectivity index (χ4v) is 1.92. The van der Waals surface area contributed by atoms with Gasteiger partial charge >= 0.3 is 5.97 Å². The van der Waals surface area contributed by atoms with Gasteiger partial charge in [-0.3, -0.25) is 4.79 Å². The Morgan fingerprint density at radius 2 is 2.17 bits per heavy atom. The lowest BCUT2D eigenvalue weighted by Crippen LogP contribution is -2.57. The van der Waals surface area contributed by atoms with Crippen molar-refractivity contribution >= 4 is 11.9 Å². The molecule has 0 unspecified atom stereocenters. The van der Waals surface area contributed by atoms with E-state index in [0.717, 1.165) is 0 Å². The van der Waals surface area contributed by atoms with Crippen LogP contribution in [0.2, 0.25) is 0 Å². The Kier molecular flexibility index (Phi) is 3.33. The second kappa shape index (κ2) is 4.77. The zero-order chi connectivity index (χ0) is 13.2. The summed E-state index contributed by atoms with van der Waals surface area (Å²) >= 11 is 0. The third-order valence-electron chi connectivity index (χ3n) is 3.05. The molecule has 98 valence electrons. The van der Waals surface area contributed by atoms with E-state index >= 15 is 0 Å². The van der Waals surface area contributed by atoms with Crippen molar-refractivity contribution in [1.82, 2.24) is 14.9 Å². The van der Waals surface area contributed by atoms with Crippen LogP contribution in [0.25, 0.3) is 0 Å². The molecular formula is C11H15N3O4. The highest BCUT2D eigenvalue weighted by atomic mass is 16.5. The second-order valence-electron chi connectivity index (χ2n) is 4.38. The van der Waals surface area contributed by atoms with Crippen molar-refractivity contribution in [3.63, 3.8) is 0 Å². The Morgan fingerprint density at radius 3 is 2.67 bits per heavy atom. The molecule has 7 nitrogen and oxygen atoms in total. The van der Waals surface area contributed by atoms with Gasteiger partial charge in [0.25, 0.3) is 5.91 Å². The van der Waals surface area contributed by atoms with Crippen LogP contribution in [0.3, 0.4) is 0 Å². The number of hydrogen-bond acceptors (Lipinski definition) is 4. The molecule has 0 aromatic carbocycles. The van der Waals surface area contributed by atoms with Gasteiger partial charge in [-0.25, -0.2) is 9.78 Å². The number of carbonyl (C=O) groups is 2. The number of amides is 1. The molecule has 1 aliphatic heterocycles. The monoisotopic (exact) mass is 253 g/mol. The summed E-state index contributed by atoms with van der Waals surface area (Å²) in [7, 11) is 1.74. The minimum atomic E-state index is -1.24. The van der Waals surface area contributed by atoms with Gasteiger partial charge in [-0.1, -0.05) is 0 Å². The number of carboxylic acids is 1. The fraction of sp³-hybridized carbons (Fsp3) is 0.545. The quantitative estimate of drug-likeness (QED) is 0.777. The highest BCUT2D eigenvalue weighted by Crippen LogP contribution is 2.21. The van der Waals surface area contributed by atoms with Crippen LogP contribution in [-0.4, -0.2) is 45.3 Å². The molecule has 0 aliphatic carbocycles. The van der Waals surface area contributed by atoms with Gasteiger partial charge in [0.2, 0.25) is 0 Å². The van der Waals surface area contributed by atoms with Gasteiger partial charge in [-0.05, 0) is 0 Å². The Bertz CT molecular complexity index is 463. The van der Waals surface area contributed by atoms with E-state index in [9.17, 15) is 14.7 Å². The molecule has 1 aromatic heterocycles. The molecule has 0 saturated carbocycles. The number of rotatable bonds is 3. The predicted molar refractivity (Wildman–Crippen MR) is 61.1 cm³/mol. The first kappa shape index (κ1) is 12.6. The standard InChI is InChI=1S/C11H15N3O4/c1-14-6-8(12-7-14)9(15)13-11(10(16)17)2-4-18-5-3-11/h6-7H,2-5H2,1H3,(H,13,15)(H,16,17). The number of carbonyl (C=O) groups excluding carboxylic acids is 1. The summed E-state index contributed by atoms with van der Waals surface area (Å²) in [5.74, 6) is -1.50. The molecule has 1 fully saturated rings. The predicted octanol–water partition coefficient (Wildman–Crippen LogP) is -0.216. The Hall–Kier alpha value is -1.89. The maximum absolute atomic E-state index is 11.9. The number of ether oxygens (including phenoxy) is 1. The largest absolute Gasteiger partial charge is 0.480 e. The summed E-state index contributed by atoms with van der Waals surface area (Å²) in [6.07, 6.45) is 3.57. The molecule has 2 rings (SSSR count). The summed E-state index contributed by atoms with van der Waals surface area (Å²) in [5.41, 5.74) is -1.03. The summed E-state index contributed by atoms with van der Waals surface area (Å²) in [4.78, 5) is 27.2. The van der Waals surface area contributed by atoms with Crippen molar-refractivity contribution < 1.29 is 19.4 Å². The minimum absolute atomic E-state index is 0.213. The maximum Gasteiger partial charge on any atom is 0.329 e. The van der Waals surface area contributed by atoms with Gasteiger partial charge in [0, 0.05) is 39.3 Å². The number of nitrogens with one attached hydrogen (secondary N) is 1. The Morgan fingerprint density at radius 1 is 1.50 bits per heavy atom. The van der Waals surface area contributed by atoms with Crippen LogP contribution in [0.1, 0.15) is 23.3 Å². The zero-order valence-corrected chi connectivity index (χ0v) is 10.0. The first-order valence-electron chi connectivity index (χ1n) is 5.65. The van der Waals surface area contributed by atoms with Crippen LogP contribution in [0.5, 0.6) is 0 Å². The van der Waals surface area contributed by atoms with Crippen molar-refractivity contribution in [2.45, 2.75) is 18.4 Å². The van der Waals surface area contributed by atoms with Crippen LogP contribution < -0.4 is 5.32 Å². The van der Waals surface area contributed by atoms with Crippen LogP contribution >= 0.6 is 0 Å². The number of nitrogens with zero attached hydrogens (tertiary/aromatic N) is 2. The third kappa shape index (κ3) is 2.35. The molecule has 1 aliphatic rings. The van der Waals surface area contributed by atoms with E-state index in [1.54, 1.807) is 17.8 Å². The van der Waals surface area contributed by atoms with E-state index < -0.39 is 17.4 Å². The number of carboxylic acid groups (broad SMARTS) is 1. The normalized spacial score (nSPS) is 18.3. The molecule has 7 heteroatoms. The maximum atomic E-state index is 11.9. The number of aryl methyl sites for hydroxylation is 1. The SMILES string of the molecule is Cn1cnc(C(=O)NC2(C(=O)O)CCOCC2)c1. The minimum Gasteiger partial charge on any atom is -0.480 e. The molecule has 1 saturated heterocycles. The smallest absolute Gasteiger partial charge is 0.329 e. The molecule has 18 heavy (non-hydrogen) atoms. The summed E-state index contributed by atoms with van der Waals surface area (Å²) in [6, 6.07) is 0. The van der Waals surface area contributed by atoms with Gasteiger partial charge in [0.15, 0.2) is 0 Å². The zero-order valence-electron chi connectivity index (χ0n) is 10.0. The summed E-state index contributed by atoms with van der Waals surface area (Å²) in [6.45, 7) is 0.656.